The molecule has 0 fully saturated rings. The molecule has 1 unspecified atom stereocenters. The van der Waals surface area contributed by atoms with E-state index in [1.807, 2.05) is 11.3 Å². The summed E-state index contributed by atoms with van der Waals surface area (Å²) in [4.78, 5) is 0. The van der Waals surface area contributed by atoms with E-state index in [-0.39, 0.29) is 6.04 Å². The third-order valence-electron chi connectivity index (χ3n) is 12.7. The summed E-state index contributed by atoms with van der Waals surface area (Å²) in [5, 5.41) is 7.76. The van der Waals surface area contributed by atoms with E-state index in [9.17, 15) is 0 Å². The molecule has 2 aliphatic rings. The van der Waals surface area contributed by atoms with Crippen molar-refractivity contribution >= 4 is 80.7 Å². The molecule has 0 spiro atoms. The number of nitrogens with zero attached hydrogens (tertiary/aromatic N) is 2. The molecular weight excluding hydrogens is 773 g/mol. The van der Waals surface area contributed by atoms with Crippen molar-refractivity contribution in [2.75, 3.05) is 0 Å². The van der Waals surface area contributed by atoms with Crippen LogP contribution in [-0.4, -0.2) is 15.3 Å². The Balaban J connectivity index is 0.000000263. The minimum Gasteiger partial charge on any atom is -0.333 e. The molecule has 0 amide bonds. The maximum atomic E-state index is 6.03. The first-order chi connectivity index (χ1) is 30.5. The number of fused-ring (bicyclic) bond motifs is 10. The molecule has 12 rings (SSSR count). The second kappa shape index (κ2) is 15.8. The molecule has 4 nitrogen and oxygen atoms in total. The van der Waals surface area contributed by atoms with E-state index >= 15 is 0 Å². The standard InChI is InChI=1S/C43H32N4S.C14H14/c44-43(45)26-14-18-30(19-15-26)47-38-22-17-28(25-35(38)41-39(47)23-20-33-32-11-5-7-13-40(32)48-42(33)41)27-16-21-37-34(24-27)31-10-4-6-12-36(31)46(37)29-8-2-1-3-9-29;1-12(13-8-4-2-5-9-13)14-10-6-3-7-11-14/h1-18,20-25,30,43H,19,44-45H2;2-10H,11H2,1H3/b;14-12+. The Morgan fingerprint density at radius 2 is 1.29 bits per heavy atom. The van der Waals surface area contributed by atoms with Crippen LogP contribution in [0.5, 0.6) is 0 Å². The second-order valence-corrected chi connectivity index (χ2v) is 17.4. The molecule has 0 bridgehead atoms. The predicted octanol–water partition coefficient (Wildman–Crippen LogP) is 14.6. The highest BCUT2D eigenvalue weighted by atomic mass is 32.1. The van der Waals surface area contributed by atoms with Gasteiger partial charge in [-0.3, -0.25) is 0 Å². The van der Waals surface area contributed by atoms with Gasteiger partial charge in [0.1, 0.15) is 0 Å². The summed E-state index contributed by atoms with van der Waals surface area (Å²) >= 11 is 1.90. The van der Waals surface area contributed by atoms with Gasteiger partial charge in [0, 0.05) is 52.9 Å². The normalized spacial score (nSPS) is 15.9. The van der Waals surface area contributed by atoms with Gasteiger partial charge in [-0.05, 0) is 108 Å². The first-order valence-corrected chi connectivity index (χ1v) is 22.3. The monoisotopic (exact) mass is 818 g/mol. The molecule has 3 aromatic heterocycles. The Bertz CT molecular complexity index is 3500. The summed E-state index contributed by atoms with van der Waals surface area (Å²) in [6.45, 7) is 2.19. The van der Waals surface area contributed by atoms with Gasteiger partial charge >= 0.3 is 0 Å². The molecule has 7 aromatic carbocycles. The summed E-state index contributed by atoms with van der Waals surface area (Å²) in [5.41, 5.74) is 25.7. The maximum Gasteiger partial charge on any atom is 0.0781 e. The number of rotatable bonds is 5. The molecule has 5 heteroatoms. The number of hydrogen-bond donors (Lipinski definition) is 2. The fraction of sp³-hybridized carbons (Fsp3) is 0.0877. The van der Waals surface area contributed by atoms with E-state index in [0.717, 1.165) is 18.4 Å². The molecule has 10 aromatic rings. The van der Waals surface area contributed by atoms with Crippen LogP contribution in [-0.2, 0) is 0 Å². The highest BCUT2D eigenvalue weighted by Crippen LogP contribution is 2.45. The van der Waals surface area contributed by atoms with Crippen LogP contribution in [0.3, 0.4) is 0 Å². The Kier molecular flexibility index (Phi) is 9.66. The molecule has 3 heterocycles. The molecule has 0 saturated carbocycles. The molecule has 2 aliphatic carbocycles. The van der Waals surface area contributed by atoms with E-state index in [4.69, 9.17) is 11.5 Å². The third-order valence-corrected chi connectivity index (χ3v) is 13.9. The summed E-state index contributed by atoms with van der Waals surface area (Å²) in [6, 6.07) is 57.5. The van der Waals surface area contributed by atoms with Crippen molar-refractivity contribution in [2.24, 2.45) is 11.5 Å². The number of hydrogen-bond acceptors (Lipinski definition) is 3. The van der Waals surface area contributed by atoms with Gasteiger partial charge in [-0.2, -0.15) is 0 Å². The van der Waals surface area contributed by atoms with Crippen molar-refractivity contribution in [3.63, 3.8) is 0 Å². The summed E-state index contributed by atoms with van der Waals surface area (Å²) in [7, 11) is 0. The number of benzene rings is 7. The molecule has 300 valence electrons. The lowest BCUT2D eigenvalue weighted by atomic mass is 9.97. The zero-order valence-electron chi connectivity index (χ0n) is 34.6. The van der Waals surface area contributed by atoms with Gasteiger partial charge in [0.05, 0.1) is 28.8 Å². The fourth-order valence-corrected chi connectivity index (χ4v) is 10.8. The third kappa shape index (κ3) is 6.54. The Labute approximate surface area is 365 Å². The topological polar surface area (TPSA) is 61.9 Å². The van der Waals surface area contributed by atoms with Crippen molar-refractivity contribution in [3.8, 4) is 16.8 Å². The van der Waals surface area contributed by atoms with Crippen molar-refractivity contribution < 1.29 is 0 Å². The average Bonchev–Trinajstić information content (AvgIpc) is 3.99. The first kappa shape index (κ1) is 37.9. The van der Waals surface area contributed by atoms with Gasteiger partial charge in [-0.1, -0.05) is 146 Å². The smallest absolute Gasteiger partial charge is 0.0781 e. The van der Waals surface area contributed by atoms with Crippen LogP contribution >= 0.6 is 11.3 Å². The number of thiophene rings is 1. The number of para-hydroxylation sites is 2. The lowest BCUT2D eigenvalue weighted by Gasteiger charge is -2.21. The van der Waals surface area contributed by atoms with Crippen LogP contribution in [0.2, 0.25) is 0 Å². The Morgan fingerprint density at radius 3 is 2.03 bits per heavy atom. The Hall–Kier alpha value is -7.02. The van der Waals surface area contributed by atoms with Gasteiger partial charge in [0.25, 0.3) is 0 Å². The minimum atomic E-state index is -0.458. The van der Waals surface area contributed by atoms with Crippen molar-refractivity contribution in [1.29, 1.82) is 0 Å². The van der Waals surface area contributed by atoms with Gasteiger partial charge in [0.15, 0.2) is 0 Å². The van der Waals surface area contributed by atoms with Crippen LogP contribution in [0.4, 0.5) is 0 Å². The van der Waals surface area contributed by atoms with Gasteiger partial charge in [0.2, 0.25) is 0 Å². The Morgan fingerprint density at radius 1 is 0.613 bits per heavy atom. The van der Waals surface area contributed by atoms with Crippen molar-refractivity contribution in [3.05, 3.63) is 217 Å². The van der Waals surface area contributed by atoms with Gasteiger partial charge in [-0.25, -0.2) is 0 Å². The number of aromatic nitrogens is 2. The summed E-state index contributed by atoms with van der Waals surface area (Å²) in [5.74, 6) is 0. The minimum absolute atomic E-state index is 0.172. The molecule has 0 saturated heterocycles. The van der Waals surface area contributed by atoms with Crippen LogP contribution in [0.1, 0.15) is 31.4 Å². The fourth-order valence-electron chi connectivity index (χ4n) is 9.59. The van der Waals surface area contributed by atoms with Crippen LogP contribution in [0.25, 0.3) is 86.2 Å². The van der Waals surface area contributed by atoms with E-state index in [1.54, 1.807) is 0 Å². The highest BCUT2D eigenvalue weighted by molar-refractivity contribution is 7.26. The summed E-state index contributed by atoms with van der Waals surface area (Å²) < 4.78 is 7.55. The molecule has 0 radical (unpaired) electrons. The number of allylic oxidation sites excluding steroid dienone is 8. The van der Waals surface area contributed by atoms with Crippen LogP contribution in [0.15, 0.2) is 211 Å². The van der Waals surface area contributed by atoms with Crippen molar-refractivity contribution in [2.45, 2.75) is 32.0 Å². The summed E-state index contributed by atoms with van der Waals surface area (Å²) in [6.07, 6.45) is 16.6. The highest BCUT2D eigenvalue weighted by Gasteiger charge is 2.22. The van der Waals surface area contributed by atoms with E-state index in [2.05, 4.69) is 216 Å². The van der Waals surface area contributed by atoms with Gasteiger partial charge in [-0.15, -0.1) is 11.3 Å². The first-order valence-electron chi connectivity index (χ1n) is 21.5. The largest absolute Gasteiger partial charge is 0.333 e. The SMILES string of the molecule is C/C(=C1/C=CC=CC1)c1ccccc1.NC(N)C1=CCC(n2c3ccc(-c4ccc5c(c4)c4ccccc4n5-c4ccccc4)cc3c3c4sc5ccccc5c4ccc32)C=C1. The van der Waals surface area contributed by atoms with E-state index in [0.29, 0.717) is 0 Å². The number of nitrogens with two attached hydrogens (primary N) is 2. The maximum absolute atomic E-state index is 6.03. The zero-order chi connectivity index (χ0) is 41.7. The molecule has 1 atom stereocenters. The van der Waals surface area contributed by atoms with E-state index < -0.39 is 6.17 Å². The molecule has 0 aliphatic heterocycles. The molecular formula is C57H46N4S. The predicted molar refractivity (Wildman–Crippen MR) is 267 cm³/mol. The zero-order valence-corrected chi connectivity index (χ0v) is 35.4. The lowest BCUT2D eigenvalue weighted by molar-refractivity contribution is 0.637. The molecule has 4 N–H and O–H groups in total. The van der Waals surface area contributed by atoms with Gasteiger partial charge < -0.3 is 20.6 Å². The molecule has 62 heavy (non-hydrogen) atoms. The second-order valence-electron chi connectivity index (χ2n) is 16.4. The lowest BCUT2D eigenvalue weighted by Crippen LogP contribution is -2.32. The van der Waals surface area contributed by atoms with Crippen LogP contribution in [0, 0.1) is 0 Å². The van der Waals surface area contributed by atoms with E-state index in [1.165, 1.54) is 97.3 Å². The van der Waals surface area contributed by atoms with Crippen molar-refractivity contribution in [1.82, 2.24) is 9.13 Å². The van der Waals surface area contributed by atoms with Crippen LogP contribution < -0.4 is 11.5 Å². The quantitative estimate of drug-likeness (QED) is 0.170. The average molecular weight is 819 g/mol.